The van der Waals surface area contributed by atoms with Crippen LogP contribution in [0, 0.1) is 0 Å². The number of nitrogen functional groups attached to an aromatic ring is 1. The molecule has 11 heteroatoms. The maximum absolute atomic E-state index is 12.0. The summed E-state index contributed by atoms with van der Waals surface area (Å²) >= 11 is 0. The number of nitrogens with two attached hydrogens (primary N) is 1. The second-order valence-electron chi connectivity index (χ2n) is 5.87. The standard InChI is InChI=1S/C15H26N5O5P/c1-3-5-23-6-4-7-25-26(21,22)11-24-12(2)8-20-10-19-13-14(16)17-9-18-15(13)20/h9-10,12H,3-8,11H2,1-2H3,(H,21,22)(H2,16,17,18). The number of hydrogen-bond acceptors (Lipinski definition) is 8. The lowest BCUT2D eigenvalue weighted by atomic mass is 10.4. The van der Waals surface area contributed by atoms with Crippen molar-refractivity contribution < 1.29 is 23.5 Å². The molecule has 0 saturated carbocycles. The molecular weight excluding hydrogens is 361 g/mol. The lowest BCUT2D eigenvalue weighted by Gasteiger charge is -2.17. The summed E-state index contributed by atoms with van der Waals surface area (Å²) in [5.41, 5.74) is 6.85. The molecule has 0 aliphatic rings. The number of fused-ring (bicyclic) bond motifs is 1. The Hall–Kier alpha value is -1.58. The van der Waals surface area contributed by atoms with E-state index in [0.717, 1.165) is 6.42 Å². The van der Waals surface area contributed by atoms with Crippen molar-refractivity contribution in [3.63, 3.8) is 0 Å². The Kier molecular flexibility index (Phi) is 7.92. The highest BCUT2D eigenvalue weighted by Crippen LogP contribution is 2.42. The van der Waals surface area contributed by atoms with Crippen molar-refractivity contribution in [2.45, 2.75) is 39.3 Å². The normalized spacial score (nSPS) is 15.2. The minimum Gasteiger partial charge on any atom is -0.382 e. The highest BCUT2D eigenvalue weighted by molar-refractivity contribution is 7.52. The van der Waals surface area contributed by atoms with Gasteiger partial charge in [0.2, 0.25) is 0 Å². The number of ether oxygens (including phenoxy) is 2. The molecule has 2 rings (SSSR count). The molecule has 2 atom stereocenters. The van der Waals surface area contributed by atoms with Crippen LogP contribution in [0.1, 0.15) is 26.7 Å². The van der Waals surface area contributed by atoms with Crippen molar-refractivity contribution in [2.24, 2.45) is 0 Å². The summed E-state index contributed by atoms with van der Waals surface area (Å²) in [5, 5.41) is 0. The molecule has 0 aliphatic carbocycles. The SMILES string of the molecule is CCCOCCCOP(=O)(O)COC(C)Cn1cnc2c(N)ncnc21. The number of imidazole rings is 1. The molecule has 2 aromatic heterocycles. The molecule has 2 unspecified atom stereocenters. The maximum atomic E-state index is 12.0. The Morgan fingerprint density at radius 3 is 2.88 bits per heavy atom. The molecule has 0 fully saturated rings. The predicted molar refractivity (Wildman–Crippen MR) is 96.7 cm³/mol. The number of anilines is 1. The van der Waals surface area contributed by atoms with Crippen LogP contribution in [0.4, 0.5) is 5.82 Å². The molecule has 0 aromatic carbocycles. The molecule has 26 heavy (non-hydrogen) atoms. The molecule has 0 aliphatic heterocycles. The van der Waals surface area contributed by atoms with Crippen LogP contribution < -0.4 is 5.73 Å². The third kappa shape index (κ3) is 6.30. The van der Waals surface area contributed by atoms with Gasteiger partial charge in [-0.1, -0.05) is 6.92 Å². The van der Waals surface area contributed by atoms with E-state index in [4.69, 9.17) is 19.7 Å². The van der Waals surface area contributed by atoms with E-state index >= 15 is 0 Å². The van der Waals surface area contributed by atoms with E-state index < -0.39 is 7.60 Å². The molecule has 0 bridgehead atoms. The van der Waals surface area contributed by atoms with Crippen molar-refractivity contribution >= 4 is 24.6 Å². The fraction of sp³-hybridized carbons (Fsp3) is 0.667. The fourth-order valence-corrected chi connectivity index (χ4v) is 3.17. The van der Waals surface area contributed by atoms with Crippen LogP contribution in [0.25, 0.3) is 11.2 Å². The first-order valence-corrected chi connectivity index (χ1v) is 10.3. The Labute approximate surface area is 152 Å². The van der Waals surface area contributed by atoms with Crippen molar-refractivity contribution in [2.75, 3.05) is 31.9 Å². The van der Waals surface area contributed by atoms with Gasteiger partial charge < -0.3 is 29.2 Å². The summed E-state index contributed by atoms with van der Waals surface area (Å²) in [6, 6.07) is 0. The Morgan fingerprint density at radius 1 is 1.31 bits per heavy atom. The Balaban J connectivity index is 1.75. The van der Waals surface area contributed by atoms with Gasteiger partial charge in [0.1, 0.15) is 18.2 Å². The van der Waals surface area contributed by atoms with E-state index in [0.29, 0.717) is 43.2 Å². The fourth-order valence-electron chi connectivity index (χ4n) is 2.24. The number of hydrogen-bond donors (Lipinski definition) is 2. The second-order valence-corrected chi connectivity index (χ2v) is 7.66. The van der Waals surface area contributed by atoms with E-state index in [9.17, 15) is 9.46 Å². The van der Waals surface area contributed by atoms with Crippen LogP contribution in [-0.4, -0.2) is 56.7 Å². The third-order valence-corrected chi connectivity index (χ3v) is 4.54. The van der Waals surface area contributed by atoms with Crippen LogP contribution in [0.5, 0.6) is 0 Å². The summed E-state index contributed by atoms with van der Waals surface area (Å²) in [4.78, 5) is 22.0. The quantitative estimate of drug-likeness (QED) is 0.413. The van der Waals surface area contributed by atoms with Gasteiger partial charge in [-0.05, 0) is 19.8 Å². The molecule has 0 amide bonds. The predicted octanol–water partition coefficient (Wildman–Crippen LogP) is 1.79. The van der Waals surface area contributed by atoms with Crippen LogP contribution >= 0.6 is 7.60 Å². The molecular formula is C15H26N5O5P. The average Bonchev–Trinajstić information content (AvgIpc) is 3.01. The zero-order chi connectivity index (χ0) is 19.0. The van der Waals surface area contributed by atoms with Gasteiger partial charge in [0, 0.05) is 13.2 Å². The van der Waals surface area contributed by atoms with Gasteiger partial charge in [0.15, 0.2) is 11.5 Å². The highest BCUT2D eigenvalue weighted by Gasteiger charge is 2.21. The minimum absolute atomic E-state index is 0.150. The topological polar surface area (TPSA) is 135 Å². The van der Waals surface area contributed by atoms with E-state index in [1.807, 2.05) is 6.92 Å². The van der Waals surface area contributed by atoms with Gasteiger partial charge >= 0.3 is 7.60 Å². The highest BCUT2D eigenvalue weighted by atomic mass is 31.2. The monoisotopic (exact) mass is 387 g/mol. The Morgan fingerprint density at radius 2 is 2.12 bits per heavy atom. The number of aromatic nitrogens is 4. The minimum atomic E-state index is -3.80. The van der Waals surface area contributed by atoms with Crippen molar-refractivity contribution in [3.05, 3.63) is 12.7 Å². The van der Waals surface area contributed by atoms with Gasteiger partial charge in [-0.25, -0.2) is 15.0 Å². The average molecular weight is 387 g/mol. The molecule has 146 valence electrons. The summed E-state index contributed by atoms with van der Waals surface area (Å²) in [7, 11) is -3.80. The summed E-state index contributed by atoms with van der Waals surface area (Å²) in [6.07, 6.45) is 3.72. The lowest BCUT2D eigenvalue weighted by molar-refractivity contribution is 0.0690. The molecule has 2 aromatic rings. The van der Waals surface area contributed by atoms with Crippen LogP contribution in [0.3, 0.4) is 0 Å². The smallest absolute Gasteiger partial charge is 0.353 e. The molecule has 2 heterocycles. The molecule has 3 N–H and O–H groups in total. The number of rotatable bonds is 12. The van der Waals surface area contributed by atoms with Crippen LogP contribution in [0.15, 0.2) is 12.7 Å². The summed E-state index contributed by atoms with van der Waals surface area (Å²) in [5.74, 6) is 0.304. The molecule has 0 radical (unpaired) electrons. The summed E-state index contributed by atoms with van der Waals surface area (Å²) in [6.45, 7) is 5.54. The van der Waals surface area contributed by atoms with E-state index in [-0.39, 0.29) is 19.1 Å². The second kappa shape index (κ2) is 9.94. The maximum Gasteiger partial charge on any atom is 0.353 e. The van der Waals surface area contributed by atoms with Crippen molar-refractivity contribution in [1.82, 2.24) is 19.5 Å². The third-order valence-electron chi connectivity index (χ3n) is 3.48. The van der Waals surface area contributed by atoms with Crippen molar-refractivity contribution in [3.8, 4) is 0 Å². The largest absolute Gasteiger partial charge is 0.382 e. The van der Waals surface area contributed by atoms with E-state index in [1.165, 1.54) is 6.33 Å². The lowest BCUT2D eigenvalue weighted by Crippen LogP contribution is -2.17. The van der Waals surface area contributed by atoms with Crippen molar-refractivity contribution in [1.29, 1.82) is 0 Å². The van der Waals surface area contributed by atoms with Gasteiger partial charge in [-0.15, -0.1) is 0 Å². The molecule has 10 nitrogen and oxygen atoms in total. The number of nitrogens with zero attached hydrogens (tertiary/aromatic N) is 4. The molecule has 0 saturated heterocycles. The van der Waals surface area contributed by atoms with E-state index in [1.54, 1.807) is 17.8 Å². The first-order chi connectivity index (χ1) is 12.4. The van der Waals surface area contributed by atoms with Gasteiger partial charge in [-0.2, -0.15) is 0 Å². The first-order valence-electron chi connectivity index (χ1n) is 8.50. The van der Waals surface area contributed by atoms with Gasteiger partial charge in [0.05, 0.1) is 25.6 Å². The van der Waals surface area contributed by atoms with Crippen LogP contribution in [0.2, 0.25) is 0 Å². The molecule has 0 spiro atoms. The Bertz CT molecular complexity index is 740. The van der Waals surface area contributed by atoms with E-state index in [2.05, 4.69) is 15.0 Å². The zero-order valence-corrected chi connectivity index (χ0v) is 16.0. The van der Waals surface area contributed by atoms with Gasteiger partial charge in [0.25, 0.3) is 0 Å². The van der Waals surface area contributed by atoms with Crippen LogP contribution in [-0.2, 0) is 25.1 Å². The zero-order valence-electron chi connectivity index (χ0n) is 15.1. The van der Waals surface area contributed by atoms with Gasteiger partial charge in [-0.3, -0.25) is 4.57 Å². The summed E-state index contributed by atoms with van der Waals surface area (Å²) < 4.78 is 29.5. The first kappa shape index (κ1) is 20.7.